The van der Waals surface area contributed by atoms with Crippen LogP contribution in [0.15, 0.2) is 83.3 Å². The number of allylic oxidation sites excluding steroid dienone is 1. The van der Waals surface area contributed by atoms with Gasteiger partial charge in [0.25, 0.3) is 0 Å². The van der Waals surface area contributed by atoms with Crippen molar-refractivity contribution in [3.05, 3.63) is 100 Å². The Bertz CT molecular complexity index is 1010. The van der Waals surface area contributed by atoms with Crippen LogP contribution in [0, 0.1) is 0 Å². The Morgan fingerprint density at radius 1 is 0.857 bits per heavy atom. The van der Waals surface area contributed by atoms with Crippen LogP contribution in [0.1, 0.15) is 26.3 Å². The van der Waals surface area contributed by atoms with E-state index < -0.39 is 5.97 Å². The number of rotatable bonds is 6. The van der Waals surface area contributed by atoms with Crippen LogP contribution in [0.3, 0.4) is 0 Å². The summed E-state index contributed by atoms with van der Waals surface area (Å²) in [6.07, 6.45) is 3.23. The fourth-order valence-electron chi connectivity index (χ4n) is 2.45. The first-order chi connectivity index (χ1) is 13.5. The lowest BCUT2D eigenvalue weighted by Crippen LogP contribution is -2.08. The first-order valence-electron chi connectivity index (χ1n) is 8.49. The molecule has 0 aromatic heterocycles. The van der Waals surface area contributed by atoms with E-state index in [0.29, 0.717) is 22.6 Å². The zero-order chi connectivity index (χ0) is 19.9. The number of hydrogen-bond acceptors (Lipinski definition) is 4. The van der Waals surface area contributed by atoms with Gasteiger partial charge in [-0.1, -0.05) is 40.2 Å². The molecule has 0 saturated heterocycles. The van der Waals surface area contributed by atoms with E-state index in [9.17, 15) is 9.59 Å². The second-order valence-electron chi connectivity index (χ2n) is 5.89. The van der Waals surface area contributed by atoms with Gasteiger partial charge in [0.1, 0.15) is 11.5 Å². The van der Waals surface area contributed by atoms with Crippen molar-refractivity contribution >= 4 is 33.8 Å². The monoisotopic (exact) mass is 436 g/mol. The predicted molar refractivity (Wildman–Crippen MR) is 112 cm³/mol. The van der Waals surface area contributed by atoms with Gasteiger partial charge in [0, 0.05) is 10.0 Å². The molecule has 5 heteroatoms. The summed E-state index contributed by atoms with van der Waals surface area (Å²) in [5.41, 5.74) is 1.85. The number of ketones is 1. The van der Waals surface area contributed by atoms with E-state index in [2.05, 4.69) is 15.9 Å². The SMILES string of the molecule is COc1cccc(C(=O)Oc2ccc(C=CC(=O)c3ccc(Br)cc3)cc2)c1. The third kappa shape index (κ3) is 5.18. The van der Waals surface area contributed by atoms with E-state index in [1.807, 2.05) is 12.1 Å². The van der Waals surface area contributed by atoms with Gasteiger partial charge in [-0.25, -0.2) is 4.79 Å². The summed E-state index contributed by atoms with van der Waals surface area (Å²) >= 11 is 3.34. The first kappa shape index (κ1) is 19.6. The zero-order valence-electron chi connectivity index (χ0n) is 15.1. The lowest BCUT2D eigenvalue weighted by molar-refractivity contribution is 0.0734. The van der Waals surface area contributed by atoms with Gasteiger partial charge in [-0.3, -0.25) is 4.79 Å². The molecule has 0 fully saturated rings. The second kappa shape index (κ2) is 9.15. The lowest BCUT2D eigenvalue weighted by atomic mass is 10.1. The lowest BCUT2D eigenvalue weighted by Gasteiger charge is -2.06. The molecular formula is C23H17BrO4. The molecule has 3 aromatic rings. The average molecular weight is 437 g/mol. The molecule has 0 spiro atoms. The van der Waals surface area contributed by atoms with Crippen LogP contribution in [-0.2, 0) is 0 Å². The summed E-state index contributed by atoms with van der Waals surface area (Å²) in [6, 6.07) is 20.9. The molecule has 3 aromatic carbocycles. The molecule has 0 aliphatic heterocycles. The molecule has 28 heavy (non-hydrogen) atoms. The number of carbonyl (C=O) groups is 2. The molecule has 0 heterocycles. The highest BCUT2D eigenvalue weighted by Crippen LogP contribution is 2.18. The summed E-state index contributed by atoms with van der Waals surface area (Å²) < 4.78 is 11.4. The smallest absolute Gasteiger partial charge is 0.343 e. The third-order valence-electron chi connectivity index (χ3n) is 3.95. The van der Waals surface area contributed by atoms with Crippen molar-refractivity contribution < 1.29 is 19.1 Å². The molecular weight excluding hydrogens is 420 g/mol. The molecule has 0 aliphatic carbocycles. The minimum atomic E-state index is -0.465. The minimum absolute atomic E-state index is 0.0824. The Morgan fingerprint density at radius 3 is 2.25 bits per heavy atom. The maximum Gasteiger partial charge on any atom is 0.343 e. The van der Waals surface area contributed by atoms with Gasteiger partial charge in [0.05, 0.1) is 12.7 Å². The molecule has 3 rings (SSSR count). The average Bonchev–Trinajstić information content (AvgIpc) is 2.73. The van der Waals surface area contributed by atoms with E-state index in [1.54, 1.807) is 66.7 Å². The fraction of sp³-hybridized carbons (Fsp3) is 0.0435. The Kier molecular flexibility index (Phi) is 6.40. The van der Waals surface area contributed by atoms with Crippen LogP contribution >= 0.6 is 15.9 Å². The van der Waals surface area contributed by atoms with Crippen molar-refractivity contribution in [2.45, 2.75) is 0 Å². The first-order valence-corrected chi connectivity index (χ1v) is 9.29. The summed E-state index contributed by atoms with van der Waals surface area (Å²) in [4.78, 5) is 24.4. The van der Waals surface area contributed by atoms with Gasteiger partial charge in [-0.15, -0.1) is 0 Å². The topological polar surface area (TPSA) is 52.6 Å². The van der Waals surface area contributed by atoms with Crippen molar-refractivity contribution in [3.8, 4) is 11.5 Å². The number of ether oxygens (including phenoxy) is 2. The predicted octanol–water partition coefficient (Wildman–Crippen LogP) is 5.57. The summed E-state index contributed by atoms with van der Waals surface area (Å²) in [7, 11) is 1.54. The van der Waals surface area contributed by atoms with Gasteiger partial charge >= 0.3 is 5.97 Å². The normalized spacial score (nSPS) is 10.6. The highest BCUT2D eigenvalue weighted by atomic mass is 79.9. The summed E-state index contributed by atoms with van der Waals surface area (Å²) in [6.45, 7) is 0. The summed E-state index contributed by atoms with van der Waals surface area (Å²) in [5.74, 6) is 0.461. The maximum absolute atomic E-state index is 12.2. The molecule has 0 aliphatic rings. The van der Waals surface area contributed by atoms with Crippen LogP contribution in [0.4, 0.5) is 0 Å². The van der Waals surface area contributed by atoms with Crippen molar-refractivity contribution in [3.63, 3.8) is 0 Å². The number of carbonyl (C=O) groups excluding carboxylic acids is 2. The van der Waals surface area contributed by atoms with E-state index >= 15 is 0 Å². The molecule has 0 atom stereocenters. The van der Waals surface area contributed by atoms with E-state index in [0.717, 1.165) is 10.0 Å². The van der Waals surface area contributed by atoms with E-state index in [4.69, 9.17) is 9.47 Å². The van der Waals surface area contributed by atoms with E-state index in [-0.39, 0.29) is 5.78 Å². The quantitative estimate of drug-likeness (QED) is 0.219. The van der Waals surface area contributed by atoms with Gasteiger partial charge in [-0.05, 0) is 66.2 Å². The van der Waals surface area contributed by atoms with Crippen LogP contribution < -0.4 is 9.47 Å². The molecule has 0 N–H and O–H groups in total. The third-order valence-corrected chi connectivity index (χ3v) is 4.48. The van der Waals surface area contributed by atoms with Gasteiger partial charge in [-0.2, -0.15) is 0 Å². The number of halogens is 1. The molecule has 0 saturated carbocycles. The zero-order valence-corrected chi connectivity index (χ0v) is 16.7. The molecule has 0 bridgehead atoms. The highest BCUT2D eigenvalue weighted by Gasteiger charge is 2.09. The Balaban J connectivity index is 1.63. The highest BCUT2D eigenvalue weighted by molar-refractivity contribution is 9.10. The van der Waals surface area contributed by atoms with Crippen molar-refractivity contribution in [2.75, 3.05) is 7.11 Å². The summed E-state index contributed by atoms with van der Waals surface area (Å²) in [5, 5.41) is 0. The molecule has 0 amide bonds. The Labute approximate surface area is 171 Å². The second-order valence-corrected chi connectivity index (χ2v) is 6.81. The van der Waals surface area contributed by atoms with Crippen LogP contribution in [0.2, 0.25) is 0 Å². The van der Waals surface area contributed by atoms with Crippen LogP contribution in [0.5, 0.6) is 11.5 Å². The Hall–Kier alpha value is -3.18. The van der Waals surface area contributed by atoms with E-state index in [1.165, 1.54) is 13.2 Å². The number of esters is 1. The minimum Gasteiger partial charge on any atom is -0.497 e. The van der Waals surface area contributed by atoms with Crippen molar-refractivity contribution in [1.82, 2.24) is 0 Å². The number of benzene rings is 3. The number of methoxy groups -OCH3 is 1. The van der Waals surface area contributed by atoms with Crippen LogP contribution in [-0.4, -0.2) is 18.9 Å². The van der Waals surface area contributed by atoms with Crippen molar-refractivity contribution in [2.24, 2.45) is 0 Å². The fourth-order valence-corrected chi connectivity index (χ4v) is 2.71. The van der Waals surface area contributed by atoms with Gasteiger partial charge in [0.15, 0.2) is 5.78 Å². The van der Waals surface area contributed by atoms with Crippen LogP contribution in [0.25, 0.3) is 6.08 Å². The van der Waals surface area contributed by atoms with Gasteiger partial charge in [0.2, 0.25) is 0 Å². The molecule has 140 valence electrons. The molecule has 0 radical (unpaired) electrons. The van der Waals surface area contributed by atoms with Crippen molar-refractivity contribution in [1.29, 1.82) is 0 Å². The standard InChI is InChI=1S/C23H17BrO4/c1-27-21-4-2-3-18(15-21)23(26)28-20-12-5-16(6-13-20)7-14-22(25)17-8-10-19(24)11-9-17/h2-15H,1H3. The van der Waals surface area contributed by atoms with Gasteiger partial charge < -0.3 is 9.47 Å². The molecule has 0 unspecified atom stereocenters. The largest absolute Gasteiger partial charge is 0.497 e. The maximum atomic E-state index is 12.2. The number of hydrogen-bond donors (Lipinski definition) is 0. The Morgan fingerprint density at radius 2 is 1.57 bits per heavy atom. The molecule has 4 nitrogen and oxygen atoms in total.